The minimum Gasteiger partial charge on any atom is -0.384 e. The molecule has 1 heterocycles. The zero-order valence-electron chi connectivity index (χ0n) is 7.03. The fraction of sp³-hybridized carbons (Fsp3) is 0.571. The van der Waals surface area contributed by atoms with Gasteiger partial charge in [0.2, 0.25) is 0 Å². The molecule has 4 heteroatoms. The molecule has 0 bridgehead atoms. The van der Waals surface area contributed by atoms with Crippen molar-refractivity contribution in [3.05, 3.63) is 6.20 Å². The Morgan fingerprint density at radius 2 is 2.27 bits per heavy atom. The highest BCUT2D eigenvalue weighted by Crippen LogP contribution is 2.21. The van der Waals surface area contributed by atoms with Crippen LogP contribution in [0.25, 0.3) is 0 Å². The lowest BCUT2D eigenvalue weighted by Gasteiger charge is -2.11. The molecule has 0 radical (unpaired) electrons. The lowest BCUT2D eigenvalue weighted by Crippen LogP contribution is -2.05. The molecule has 0 aliphatic carbocycles. The fourth-order valence-corrected chi connectivity index (χ4v) is 1.70. The number of hydrogen-bond acceptors (Lipinski definition) is 3. The maximum absolute atomic E-state index is 5.70. The molecule has 0 spiro atoms. The highest BCUT2D eigenvalue weighted by Gasteiger charge is 2.08. The second-order valence-electron chi connectivity index (χ2n) is 2.63. The third-order valence-corrected chi connectivity index (χ3v) is 2.16. The summed E-state index contributed by atoms with van der Waals surface area (Å²) in [5.41, 5.74) is 5.70. The molecule has 0 saturated heterocycles. The molecule has 1 rings (SSSR count). The van der Waals surface area contributed by atoms with Crippen molar-refractivity contribution < 1.29 is 0 Å². The van der Waals surface area contributed by atoms with Crippen molar-refractivity contribution in [2.24, 2.45) is 0 Å². The van der Waals surface area contributed by atoms with E-state index in [0.29, 0.717) is 6.04 Å². The van der Waals surface area contributed by atoms with E-state index >= 15 is 0 Å². The van der Waals surface area contributed by atoms with Gasteiger partial charge in [-0.05, 0) is 20.1 Å². The van der Waals surface area contributed by atoms with Crippen LogP contribution in [-0.4, -0.2) is 15.8 Å². The summed E-state index contributed by atoms with van der Waals surface area (Å²) < 4.78 is 2.02. The number of imidazole rings is 1. The predicted molar refractivity (Wildman–Crippen MR) is 48.8 cm³/mol. The summed E-state index contributed by atoms with van der Waals surface area (Å²) in [7, 11) is 0. The van der Waals surface area contributed by atoms with Gasteiger partial charge in [-0.25, -0.2) is 4.98 Å². The van der Waals surface area contributed by atoms with Gasteiger partial charge in [0.25, 0.3) is 0 Å². The van der Waals surface area contributed by atoms with Crippen LogP contribution in [-0.2, 0) is 0 Å². The molecule has 0 fully saturated rings. The van der Waals surface area contributed by atoms with E-state index in [0.717, 1.165) is 11.0 Å². The average Bonchev–Trinajstić information content (AvgIpc) is 2.30. The zero-order chi connectivity index (χ0) is 8.43. The first-order valence-corrected chi connectivity index (χ1v) is 4.76. The summed E-state index contributed by atoms with van der Waals surface area (Å²) in [4.78, 5) is 4.16. The van der Waals surface area contributed by atoms with Gasteiger partial charge >= 0.3 is 0 Å². The van der Waals surface area contributed by atoms with Crippen LogP contribution in [0.2, 0.25) is 0 Å². The predicted octanol–water partition coefficient (Wildman–Crippen LogP) is 1.77. The van der Waals surface area contributed by atoms with Gasteiger partial charge in [-0.2, -0.15) is 0 Å². The molecule has 0 atom stereocenters. The van der Waals surface area contributed by atoms with Crippen LogP contribution in [0.5, 0.6) is 0 Å². The number of aromatic nitrogens is 2. The van der Waals surface area contributed by atoms with Crippen molar-refractivity contribution in [2.75, 3.05) is 12.0 Å². The summed E-state index contributed by atoms with van der Waals surface area (Å²) in [6, 6.07) is 0.389. The fourth-order valence-electron chi connectivity index (χ4n) is 1.03. The number of nitrogens with two attached hydrogens (primary N) is 1. The first-order valence-electron chi connectivity index (χ1n) is 3.53. The normalized spacial score (nSPS) is 10.9. The summed E-state index contributed by atoms with van der Waals surface area (Å²) in [5, 5.41) is 0.984. The van der Waals surface area contributed by atoms with Gasteiger partial charge < -0.3 is 10.3 Å². The molecule has 3 nitrogen and oxygen atoms in total. The van der Waals surface area contributed by atoms with Crippen LogP contribution < -0.4 is 5.73 Å². The number of anilines is 1. The van der Waals surface area contributed by atoms with Gasteiger partial charge in [-0.3, -0.25) is 0 Å². The number of hydrogen-bond donors (Lipinski definition) is 1. The van der Waals surface area contributed by atoms with E-state index in [9.17, 15) is 0 Å². The van der Waals surface area contributed by atoms with Gasteiger partial charge in [-0.15, -0.1) is 0 Å². The standard InChI is InChI=1S/C7H13N3S/c1-5(2)10-6(8)4-9-7(10)11-3/h4-5H,8H2,1-3H3. The number of nitrogen functional groups attached to an aromatic ring is 1. The summed E-state index contributed by atoms with van der Waals surface area (Å²) in [6.45, 7) is 4.19. The molecule has 0 aromatic carbocycles. The van der Waals surface area contributed by atoms with Crippen molar-refractivity contribution >= 4 is 17.6 Å². The molecule has 0 aliphatic heterocycles. The van der Waals surface area contributed by atoms with E-state index in [1.54, 1.807) is 18.0 Å². The molecule has 1 aromatic rings. The van der Waals surface area contributed by atoms with Gasteiger partial charge in [0.15, 0.2) is 5.16 Å². The first kappa shape index (κ1) is 8.46. The Bertz CT molecular complexity index is 242. The SMILES string of the molecule is CSc1ncc(N)n1C(C)C. The van der Waals surface area contributed by atoms with Crippen LogP contribution in [0.4, 0.5) is 5.82 Å². The Morgan fingerprint density at radius 3 is 2.64 bits per heavy atom. The van der Waals surface area contributed by atoms with Crippen molar-refractivity contribution in [3.63, 3.8) is 0 Å². The van der Waals surface area contributed by atoms with E-state index in [1.807, 2.05) is 10.8 Å². The summed E-state index contributed by atoms with van der Waals surface area (Å²) >= 11 is 1.62. The number of nitrogens with zero attached hydrogens (tertiary/aromatic N) is 2. The molecule has 2 N–H and O–H groups in total. The maximum atomic E-state index is 5.70. The Kier molecular flexibility index (Phi) is 2.44. The van der Waals surface area contributed by atoms with E-state index in [1.165, 1.54) is 0 Å². The maximum Gasteiger partial charge on any atom is 0.169 e. The second kappa shape index (κ2) is 3.17. The molecule has 0 unspecified atom stereocenters. The lowest BCUT2D eigenvalue weighted by atomic mass is 10.4. The van der Waals surface area contributed by atoms with Gasteiger partial charge in [-0.1, -0.05) is 11.8 Å². The molecule has 62 valence electrons. The molecule has 0 amide bonds. The Balaban J connectivity index is 3.07. The smallest absolute Gasteiger partial charge is 0.169 e. The van der Waals surface area contributed by atoms with Gasteiger partial charge in [0.1, 0.15) is 5.82 Å². The highest BCUT2D eigenvalue weighted by molar-refractivity contribution is 7.98. The number of thioether (sulfide) groups is 1. The van der Waals surface area contributed by atoms with Crippen LogP contribution in [0.3, 0.4) is 0 Å². The van der Waals surface area contributed by atoms with E-state index in [4.69, 9.17) is 5.73 Å². The first-order chi connectivity index (χ1) is 5.16. The van der Waals surface area contributed by atoms with E-state index in [-0.39, 0.29) is 0 Å². The van der Waals surface area contributed by atoms with Crippen LogP contribution in [0, 0.1) is 0 Å². The lowest BCUT2D eigenvalue weighted by molar-refractivity contribution is 0.557. The molecule has 1 aromatic heterocycles. The van der Waals surface area contributed by atoms with Crippen LogP contribution >= 0.6 is 11.8 Å². The van der Waals surface area contributed by atoms with Crippen molar-refractivity contribution in [3.8, 4) is 0 Å². The van der Waals surface area contributed by atoms with Crippen molar-refractivity contribution in [2.45, 2.75) is 25.0 Å². The zero-order valence-corrected chi connectivity index (χ0v) is 7.85. The molecular weight excluding hydrogens is 158 g/mol. The van der Waals surface area contributed by atoms with E-state index in [2.05, 4.69) is 18.8 Å². The Labute approximate surface area is 71.0 Å². The molecule has 0 saturated carbocycles. The monoisotopic (exact) mass is 171 g/mol. The summed E-state index contributed by atoms with van der Waals surface area (Å²) in [5.74, 6) is 0.740. The van der Waals surface area contributed by atoms with Gasteiger partial charge in [0, 0.05) is 6.04 Å². The average molecular weight is 171 g/mol. The largest absolute Gasteiger partial charge is 0.384 e. The molecule has 0 aliphatic rings. The van der Waals surface area contributed by atoms with E-state index < -0.39 is 0 Å². The third-order valence-electron chi connectivity index (χ3n) is 1.49. The highest BCUT2D eigenvalue weighted by atomic mass is 32.2. The number of rotatable bonds is 2. The Hall–Kier alpha value is -0.640. The summed E-state index contributed by atoms with van der Waals surface area (Å²) in [6.07, 6.45) is 3.70. The third kappa shape index (κ3) is 1.50. The van der Waals surface area contributed by atoms with Gasteiger partial charge in [0.05, 0.1) is 6.20 Å². The topological polar surface area (TPSA) is 43.8 Å². The minimum absolute atomic E-state index is 0.389. The minimum atomic E-state index is 0.389. The molecular formula is C7H13N3S. The quantitative estimate of drug-likeness (QED) is 0.690. The van der Waals surface area contributed by atoms with Crippen LogP contribution in [0.1, 0.15) is 19.9 Å². The second-order valence-corrected chi connectivity index (χ2v) is 3.41. The molecule has 11 heavy (non-hydrogen) atoms. The van der Waals surface area contributed by atoms with Crippen LogP contribution in [0.15, 0.2) is 11.4 Å². The Morgan fingerprint density at radius 1 is 1.64 bits per heavy atom. The van der Waals surface area contributed by atoms with Crippen molar-refractivity contribution in [1.82, 2.24) is 9.55 Å². The van der Waals surface area contributed by atoms with Crippen molar-refractivity contribution in [1.29, 1.82) is 0 Å².